The van der Waals surface area contributed by atoms with Crippen molar-refractivity contribution in [2.45, 2.75) is 31.3 Å². The van der Waals surface area contributed by atoms with E-state index in [1.54, 1.807) is 0 Å². The quantitative estimate of drug-likeness (QED) is 0.761. The Bertz CT molecular complexity index is 329. The molecule has 0 aromatic carbocycles. The van der Waals surface area contributed by atoms with E-state index in [0.717, 1.165) is 13.1 Å². The Balaban J connectivity index is 1.82. The Hall–Kier alpha value is -0.460. The van der Waals surface area contributed by atoms with Gasteiger partial charge in [0.25, 0.3) is 0 Å². The van der Waals surface area contributed by atoms with Crippen molar-refractivity contribution in [3.05, 3.63) is 0 Å². The second kappa shape index (κ2) is 5.67. The zero-order valence-corrected chi connectivity index (χ0v) is 11.3. The summed E-state index contributed by atoms with van der Waals surface area (Å²) < 4.78 is 11.3. The highest BCUT2D eigenvalue weighted by Gasteiger charge is 2.37. The van der Waals surface area contributed by atoms with Gasteiger partial charge in [-0.15, -0.1) is 0 Å². The van der Waals surface area contributed by atoms with Crippen molar-refractivity contribution in [3.63, 3.8) is 0 Å². The van der Waals surface area contributed by atoms with E-state index >= 15 is 0 Å². The van der Waals surface area contributed by atoms with Crippen LogP contribution >= 0.6 is 0 Å². The molecular formula is C12H21NO4S. The standard InChI is InChI=1S/C12H21NO4S/c14-11(15)10-1-3-12(16,4-2-10)9-13-5-7-18(17)8-6-13/h10,16H,1-9H2,(H,14,15). The first kappa shape index (κ1) is 14.0. The molecule has 0 aromatic heterocycles. The molecule has 0 atom stereocenters. The van der Waals surface area contributed by atoms with E-state index in [9.17, 15) is 14.1 Å². The minimum Gasteiger partial charge on any atom is -0.481 e. The van der Waals surface area contributed by atoms with Crippen LogP contribution < -0.4 is 0 Å². The molecule has 1 saturated carbocycles. The maximum Gasteiger partial charge on any atom is 0.306 e. The fourth-order valence-corrected chi connectivity index (χ4v) is 3.94. The highest BCUT2D eigenvalue weighted by atomic mass is 32.2. The molecule has 0 amide bonds. The highest BCUT2D eigenvalue weighted by molar-refractivity contribution is 7.85. The number of nitrogens with zero attached hydrogens (tertiary/aromatic N) is 1. The summed E-state index contributed by atoms with van der Waals surface area (Å²) in [5.74, 6) is 0.339. The molecule has 1 aliphatic heterocycles. The van der Waals surface area contributed by atoms with Crippen LogP contribution in [0, 0.1) is 5.92 Å². The number of carboxylic acid groups (broad SMARTS) is 1. The largest absolute Gasteiger partial charge is 0.481 e. The number of hydrogen-bond donors (Lipinski definition) is 2. The van der Waals surface area contributed by atoms with E-state index in [-0.39, 0.29) is 5.92 Å². The molecule has 2 N–H and O–H groups in total. The third-order valence-electron chi connectivity index (χ3n) is 4.05. The lowest BCUT2D eigenvalue weighted by atomic mass is 9.78. The van der Waals surface area contributed by atoms with E-state index in [1.165, 1.54) is 0 Å². The number of rotatable bonds is 3. The van der Waals surface area contributed by atoms with Gasteiger partial charge in [-0.3, -0.25) is 13.9 Å². The van der Waals surface area contributed by atoms with Crippen LogP contribution in [0.4, 0.5) is 0 Å². The lowest BCUT2D eigenvalue weighted by Gasteiger charge is -2.39. The third kappa shape index (κ3) is 3.52. The maximum atomic E-state index is 11.3. The van der Waals surface area contributed by atoms with Gasteiger partial charge in [0.15, 0.2) is 0 Å². The fourth-order valence-electron chi connectivity index (χ4n) is 2.81. The molecule has 1 saturated heterocycles. The van der Waals surface area contributed by atoms with Crippen LogP contribution in [-0.2, 0) is 15.6 Å². The predicted octanol–water partition coefficient (Wildman–Crippen LogP) is 0.0566. The van der Waals surface area contributed by atoms with E-state index in [2.05, 4.69) is 4.90 Å². The van der Waals surface area contributed by atoms with E-state index in [0.29, 0.717) is 43.7 Å². The Kier molecular flexibility index (Phi) is 4.40. The highest BCUT2D eigenvalue weighted by Crippen LogP contribution is 2.33. The summed E-state index contributed by atoms with van der Waals surface area (Å²) in [4.78, 5) is 13.0. The molecule has 0 aromatic rings. The van der Waals surface area contributed by atoms with Crippen molar-refractivity contribution in [3.8, 4) is 0 Å². The summed E-state index contributed by atoms with van der Waals surface area (Å²) in [5.41, 5.74) is -0.745. The molecule has 0 radical (unpaired) electrons. The van der Waals surface area contributed by atoms with Gasteiger partial charge < -0.3 is 10.2 Å². The average Bonchev–Trinajstić information content (AvgIpc) is 2.32. The van der Waals surface area contributed by atoms with E-state index in [4.69, 9.17) is 5.11 Å². The maximum absolute atomic E-state index is 11.3. The van der Waals surface area contributed by atoms with Crippen molar-refractivity contribution in [2.75, 3.05) is 31.1 Å². The van der Waals surface area contributed by atoms with Crippen LogP contribution in [0.5, 0.6) is 0 Å². The van der Waals surface area contributed by atoms with Crippen LogP contribution in [0.3, 0.4) is 0 Å². The zero-order valence-electron chi connectivity index (χ0n) is 10.5. The minimum absolute atomic E-state index is 0.292. The first-order chi connectivity index (χ1) is 8.48. The molecule has 2 fully saturated rings. The van der Waals surface area contributed by atoms with Crippen LogP contribution in [0.2, 0.25) is 0 Å². The number of carboxylic acids is 1. The predicted molar refractivity (Wildman–Crippen MR) is 68.9 cm³/mol. The van der Waals surface area contributed by atoms with Crippen molar-refractivity contribution in [2.24, 2.45) is 5.92 Å². The van der Waals surface area contributed by atoms with Gasteiger partial charge in [0, 0.05) is 41.9 Å². The molecular weight excluding hydrogens is 254 g/mol. The van der Waals surface area contributed by atoms with Crippen LogP contribution in [0.1, 0.15) is 25.7 Å². The molecule has 0 unspecified atom stereocenters. The molecule has 18 heavy (non-hydrogen) atoms. The zero-order chi connectivity index (χ0) is 13.2. The van der Waals surface area contributed by atoms with Crippen molar-refractivity contribution in [1.29, 1.82) is 0 Å². The summed E-state index contributed by atoms with van der Waals surface area (Å²) in [6, 6.07) is 0. The van der Waals surface area contributed by atoms with Crippen LogP contribution in [0.15, 0.2) is 0 Å². The fraction of sp³-hybridized carbons (Fsp3) is 0.917. The molecule has 1 heterocycles. The lowest BCUT2D eigenvalue weighted by molar-refractivity contribution is -0.145. The second-order valence-electron chi connectivity index (χ2n) is 5.46. The van der Waals surface area contributed by atoms with Crippen LogP contribution in [-0.4, -0.2) is 62.0 Å². The van der Waals surface area contributed by atoms with Gasteiger partial charge in [-0.25, -0.2) is 0 Å². The van der Waals surface area contributed by atoms with Crippen molar-refractivity contribution in [1.82, 2.24) is 4.90 Å². The first-order valence-corrected chi connectivity index (χ1v) is 8.00. The lowest BCUT2D eigenvalue weighted by Crippen LogP contribution is -2.49. The number of aliphatic hydroxyl groups is 1. The SMILES string of the molecule is O=C(O)C1CCC(O)(CN2CCS(=O)CC2)CC1. The summed E-state index contributed by atoms with van der Waals surface area (Å²) in [6.45, 7) is 2.14. The second-order valence-corrected chi connectivity index (χ2v) is 7.16. The molecule has 2 aliphatic rings. The molecule has 104 valence electrons. The summed E-state index contributed by atoms with van der Waals surface area (Å²) in [5, 5.41) is 19.4. The Labute approximate surface area is 110 Å². The summed E-state index contributed by atoms with van der Waals surface area (Å²) >= 11 is 0. The molecule has 1 aliphatic carbocycles. The van der Waals surface area contributed by atoms with Gasteiger partial charge in [0.2, 0.25) is 0 Å². The minimum atomic E-state index is -0.745. The Morgan fingerprint density at radius 3 is 2.33 bits per heavy atom. The van der Waals surface area contributed by atoms with Crippen molar-refractivity contribution >= 4 is 16.8 Å². The van der Waals surface area contributed by atoms with Crippen molar-refractivity contribution < 1.29 is 19.2 Å². The van der Waals surface area contributed by atoms with Gasteiger partial charge in [-0.05, 0) is 25.7 Å². The molecule has 0 spiro atoms. The molecule has 0 bridgehead atoms. The number of aliphatic carboxylic acids is 1. The number of β-amino-alcohol motifs (C(OH)–C–C–N with tert-alkyl or cyclic N) is 1. The van der Waals surface area contributed by atoms with Crippen LogP contribution in [0.25, 0.3) is 0 Å². The summed E-state index contributed by atoms with van der Waals surface area (Å²) in [6.07, 6.45) is 2.24. The van der Waals surface area contributed by atoms with Gasteiger partial charge in [0.05, 0.1) is 11.5 Å². The average molecular weight is 275 g/mol. The van der Waals surface area contributed by atoms with Gasteiger partial charge in [-0.1, -0.05) is 0 Å². The van der Waals surface area contributed by atoms with Gasteiger partial charge in [-0.2, -0.15) is 0 Å². The number of hydrogen-bond acceptors (Lipinski definition) is 4. The van der Waals surface area contributed by atoms with E-state index in [1.807, 2.05) is 0 Å². The van der Waals surface area contributed by atoms with Gasteiger partial charge in [0.1, 0.15) is 0 Å². The third-order valence-corrected chi connectivity index (χ3v) is 5.33. The smallest absolute Gasteiger partial charge is 0.306 e. The molecule has 2 rings (SSSR count). The Morgan fingerprint density at radius 2 is 1.83 bits per heavy atom. The topological polar surface area (TPSA) is 77.8 Å². The normalized spacial score (nSPS) is 35.5. The monoisotopic (exact) mass is 275 g/mol. The first-order valence-electron chi connectivity index (χ1n) is 6.51. The molecule has 5 nitrogen and oxygen atoms in total. The molecule has 6 heteroatoms. The Morgan fingerprint density at radius 1 is 1.28 bits per heavy atom. The van der Waals surface area contributed by atoms with Gasteiger partial charge >= 0.3 is 5.97 Å². The van der Waals surface area contributed by atoms with E-state index < -0.39 is 22.4 Å². The number of carbonyl (C=O) groups is 1. The summed E-state index contributed by atoms with van der Waals surface area (Å²) in [7, 11) is -0.694.